The molecule has 0 aromatic carbocycles. The summed E-state index contributed by atoms with van der Waals surface area (Å²) in [5, 5.41) is 0. The molecule has 5 heteroatoms. The van der Waals surface area contributed by atoms with Crippen molar-refractivity contribution < 1.29 is 4.79 Å². The van der Waals surface area contributed by atoms with Crippen LogP contribution in [-0.4, -0.2) is 48.9 Å². The standard InChI is InChI=1S/C11H15BrN2OS/c1-8-7-9(16-10(8)12)11(15)14-5-3-13(2)4-6-14/h7H,3-6H2,1-2H3. The Labute approximate surface area is 108 Å². The van der Waals surface area contributed by atoms with Gasteiger partial charge in [-0.25, -0.2) is 0 Å². The zero-order valence-electron chi connectivity index (χ0n) is 9.49. The molecule has 0 spiro atoms. The van der Waals surface area contributed by atoms with Crippen molar-refractivity contribution in [3.05, 3.63) is 20.3 Å². The van der Waals surface area contributed by atoms with Crippen LogP contribution in [0.25, 0.3) is 0 Å². The number of nitrogens with zero attached hydrogens (tertiary/aromatic N) is 2. The van der Waals surface area contributed by atoms with Crippen LogP contribution in [-0.2, 0) is 0 Å². The van der Waals surface area contributed by atoms with Gasteiger partial charge in [0, 0.05) is 26.2 Å². The highest BCUT2D eigenvalue weighted by molar-refractivity contribution is 9.11. The molecule has 1 amide bonds. The van der Waals surface area contributed by atoms with E-state index in [0.29, 0.717) is 0 Å². The van der Waals surface area contributed by atoms with Gasteiger partial charge in [0.15, 0.2) is 0 Å². The van der Waals surface area contributed by atoms with E-state index in [9.17, 15) is 4.79 Å². The highest BCUT2D eigenvalue weighted by Gasteiger charge is 2.22. The van der Waals surface area contributed by atoms with Crippen molar-refractivity contribution >= 4 is 33.2 Å². The van der Waals surface area contributed by atoms with Crippen molar-refractivity contribution in [1.82, 2.24) is 9.80 Å². The summed E-state index contributed by atoms with van der Waals surface area (Å²) in [6.45, 7) is 5.63. The van der Waals surface area contributed by atoms with Crippen molar-refractivity contribution in [2.45, 2.75) is 6.92 Å². The first-order valence-electron chi connectivity index (χ1n) is 5.31. The maximum Gasteiger partial charge on any atom is 0.264 e. The second-order valence-corrected chi connectivity index (χ2v) is 6.53. The van der Waals surface area contributed by atoms with Crippen LogP contribution in [0, 0.1) is 6.92 Å². The summed E-state index contributed by atoms with van der Waals surface area (Å²) in [5.41, 5.74) is 1.14. The molecule has 0 atom stereocenters. The molecule has 0 radical (unpaired) electrons. The SMILES string of the molecule is Cc1cc(C(=O)N2CCN(C)CC2)sc1Br. The lowest BCUT2D eigenvalue weighted by Gasteiger charge is -2.32. The molecule has 0 N–H and O–H groups in total. The number of halogens is 1. The average molecular weight is 303 g/mol. The van der Waals surface area contributed by atoms with E-state index in [1.807, 2.05) is 17.9 Å². The van der Waals surface area contributed by atoms with Crippen molar-refractivity contribution in [1.29, 1.82) is 0 Å². The van der Waals surface area contributed by atoms with Gasteiger partial charge in [-0.05, 0) is 41.5 Å². The summed E-state index contributed by atoms with van der Waals surface area (Å²) >= 11 is 4.99. The predicted octanol–water partition coefficient (Wildman–Crippen LogP) is 2.21. The molecular weight excluding hydrogens is 288 g/mol. The lowest BCUT2D eigenvalue weighted by molar-refractivity contribution is 0.0669. The topological polar surface area (TPSA) is 23.6 Å². The monoisotopic (exact) mass is 302 g/mol. The number of amides is 1. The fourth-order valence-electron chi connectivity index (χ4n) is 1.73. The average Bonchev–Trinajstić information content (AvgIpc) is 2.59. The van der Waals surface area contributed by atoms with Crippen LogP contribution in [0.4, 0.5) is 0 Å². The minimum absolute atomic E-state index is 0.173. The van der Waals surface area contributed by atoms with Gasteiger partial charge < -0.3 is 9.80 Å². The summed E-state index contributed by atoms with van der Waals surface area (Å²) in [7, 11) is 2.09. The van der Waals surface area contributed by atoms with E-state index >= 15 is 0 Å². The Morgan fingerprint density at radius 1 is 1.38 bits per heavy atom. The Morgan fingerprint density at radius 3 is 2.50 bits per heavy atom. The molecule has 1 aromatic rings. The van der Waals surface area contributed by atoms with E-state index < -0.39 is 0 Å². The summed E-state index contributed by atoms with van der Waals surface area (Å²) in [6.07, 6.45) is 0. The third kappa shape index (κ3) is 2.47. The van der Waals surface area contributed by atoms with Gasteiger partial charge in [0.2, 0.25) is 0 Å². The Bertz CT molecular complexity index is 377. The van der Waals surface area contributed by atoms with Gasteiger partial charge in [-0.15, -0.1) is 11.3 Å². The molecule has 88 valence electrons. The summed E-state index contributed by atoms with van der Waals surface area (Å²) in [5.74, 6) is 0.173. The molecule has 0 aliphatic carbocycles. The molecule has 2 heterocycles. The van der Waals surface area contributed by atoms with E-state index in [1.54, 1.807) is 0 Å². The fraction of sp³-hybridized carbons (Fsp3) is 0.545. The molecular formula is C11H15BrN2OS. The van der Waals surface area contributed by atoms with Crippen molar-refractivity contribution in [3.8, 4) is 0 Å². The van der Waals surface area contributed by atoms with E-state index in [-0.39, 0.29) is 5.91 Å². The largest absolute Gasteiger partial charge is 0.335 e. The van der Waals surface area contributed by atoms with Gasteiger partial charge in [0.25, 0.3) is 5.91 Å². The molecule has 1 aliphatic heterocycles. The Kier molecular flexibility index (Phi) is 3.66. The third-order valence-electron chi connectivity index (χ3n) is 2.86. The molecule has 1 aliphatic rings. The van der Waals surface area contributed by atoms with Crippen LogP contribution in [0.5, 0.6) is 0 Å². The van der Waals surface area contributed by atoms with Gasteiger partial charge in [-0.2, -0.15) is 0 Å². The number of aryl methyl sites for hydroxylation is 1. The van der Waals surface area contributed by atoms with Crippen molar-refractivity contribution in [2.24, 2.45) is 0 Å². The maximum absolute atomic E-state index is 12.2. The number of carbonyl (C=O) groups excluding carboxylic acids is 1. The number of carbonyl (C=O) groups is 1. The first-order valence-corrected chi connectivity index (χ1v) is 6.92. The van der Waals surface area contributed by atoms with Crippen LogP contribution in [0.3, 0.4) is 0 Å². The molecule has 1 fully saturated rings. The van der Waals surface area contributed by atoms with E-state index in [1.165, 1.54) is 11.3 Å². The fourth-order valence-corrected chi connectivity index (χ4v) is 3.23. The van der Waals surface area contributed by atoms with E-state index in [2.05, 4.69) is 27.9 Å². The van der Waals surface area contributed by atoms with E-state index in [4.69, 9.17) is 0 Å². The smallest absolute Gasteiger partial charge is 0.264 e. The molecule has 1 aromatic heterocycles. The molecule has 3 nitrogen and oxygen atoms in total. The first kappa shape index (κ1) is 12.1. The number of piperazine rings is 1. The summed E-state index contributed by atoms with van der Waals surface area (Å²) in [6, 6.07) is 1.97. The molecule has 2 rings (SSSR count). The minimum Gasteiger partial charge on any atom is -0.335 e. The first-order chi connectivity index (χ1) is 7.58. The lowest BCUT2D eigenvalue weighted by Crippen LogP contribution is -2.46. The second kappa shape index (κ2) is 4.85. The van der Waals surface area contributed by atoms with Gasteiger partial charge >= 0.3 is 0 Å². The number of hydrogen-bond donors (Lipinski definition) is 0. The zero-order chi connectivity index (χ0) is 11.7. The molecule has 0 bridgehead atoms. The number of rotatable bonds is 1. The minimum atomic E-state index is 0.173. The van der Waals surface area contributed by atoms with Gasteiger partial charge in [0.1, 0.15) is 0 Å². The summed E-state index contributed by atoms with van der Waals surface area (Å²) in [4.78, 5) is 17.2. The van der Waals surface area contributed by atoms with E-state index in [0.717, 1.165) is 40.4 Å². The Balaban J connectivity index is 2.07. The third-order valence-corrected chi connectivity index (χ3v) is 4.98. The highest BCUT2D eigenvalue weighted by atomic mass is 79.9. The second-order valence-electron chi connectivity index (χ2n) is 4.16. The van der Waals surface area contributed by atoms with Crippen LogP contribution in [0.1, 0.15) is 15.2 Å². The number of likely N-dealkylation sites (N-methyl/N-ethyl adjacent to an activating group) is 1. The molecule has 0 unspecified atom stereocenters. The normalized spacial score (nSPS) is 17.8. The highest BCUT2D eigenvalue weighted by Crippen LogP contribution is 2.28. The summed E-state index contributed by atoms with van der Waals surface area (Å²) < 4.78 is 1.06. The maximum atomic E-state index is 12.2. The quantitative estimate of drug-likeness (QED) is 0.794. The Hall–Kier alpha value is -0.390. The molecule has 1 saturated heterocycles. The van der Waals surface area contributed by atoms with Gasteiger partial charge in [-0.1, -0.05) is 0 Å². The number of hydrogen-bond acceptors (Lipinski definition) is 3. The van der Waals surface area contributed by atoms with Crippen LogP contribution >= 0.6 is 27.3 Å². The Morgan fingerprint density at radius 2 is 2.00 bits per heavy atom. The van der Waals surface area contributed by atoms with Crippen LogP contribution in [0.2, 0.25) is 0 Å². The van der Waals surface area contributed by atoms with Crippen LogP contribution < -0.4 is 0 Å². The molecule has 0 saturated carbocycles. The zero-order valence-corrected chi connectivity index (χ0v) is 11.9. The lowest BCUT2D eigenvalue weighted by atomic mass is 10.3. The van der Waals surface area contributed by atoms with Gasteiger partial charge in [-0.3, -0.25) is 4.79 Å². The van der Waals surface area contributed by atoms with Crippen molar-refractivity contribution in [3.63, 3.8) is 0 Å². The van der Waals surface area contributed by atoms with Crippen LogP contribution in [0.15, 0.2) is 9.85 Å². The molecule has 16 heavy (non-hydrogen) atoms. The van der Waals surface area contributed by atoms with Gasteiger partial charge in [0.05, 0.1) is 8.66 Å². The van der Waals surface area contributed by atoms with Crippen molar-refractivity contribution in [2.75, 3.05) is 33.2 Å². The number of thiophene rings is 1. The predicted molar refractivity (Wildman–Crippen MR) is 70.2 cm³/mol.